The molecule has 0 saturated carbocycles. The van der Waals surface area contributed by atoms with Crippen LogP contribution >= 0.6 is 0 Å². The highest BCUT2D eigenvalue weighted by molar-refractivity contribution is 5.90. The summed E-state index contributed by atoms with van der Waals surface area (Å²) in [7, 11) is 7.47. The molecule has 1 fully saturated rings. The van der Waals surface area contributed by atoms with Crippen molar-refractivity contribution < 1.29 is 28.5 Å². The second-order valence-electron chi connectivity index (χ2n) is 5.23. The van der Waals surface area contributed by atoms with Gasteiger partial charge in [0.2, 0.25) is 5.91 Å². The van der Waals surface area contributed by atoms with Gasteiger partial charge in [0, 0.05) is 37.1 Å². The van der Waals surface area contributed by atoms with Crippen LogP contribution in [0.15, 0.2) is 12.1 Å². The van der Waals surface area contributed by atoms with Crippen molar-refractivity contribution in [2.45, 2.75) is 18.4 Å². The highest BCUT2D eigenvalue weighted by Crippen LogP contribution is 2.45. The minimum absolute atomic E-state index is 0.134. The minimum atomic E-state index is -0.719. The molecule has 0 N–H and O–H groups in total. The van der Waals surface area contributed by atoms with Gasteiger partial charge in [-0.15, -0.1) is 0 Å². The Kier molecular flexibility index (Phi) is 4.98. The second-order valence-corrected chi connectivity index (χ2v) is 5.23. The summed E-state index contributed by atoms with van der Waals surface area (Å²) in [5.74, 6) is 0.547. The quantitative estimate of drug-likeness (QED) is 0.758. The van der Waals surface area contributed by atoms with Crippen molar-refractivity contribution in [3.8, 4) is 17.2 Å². The van der Waals surface area contributed by atoms with Gasteiger partial charge < -0.3 is 23.8 Å². The van der Waals surface area contributed by atoms with Gasteiger partial charge >= 0.3 is 5.97 Å². The molecule has 23 heavy (non-hydrogen) atoms. The maximum Gasteiger partial charge on any atom is 0.329 e. The van der Waals surface area contributed by atoms with E-state index >= 15 is 0 Å². The molecular formula is C16H21NO6. The number of rotatable bonds is 5. The van der Waals surface area contributed by atoms with Crippen molar-refractivity contribution in [2.24, 2.45) is 0 Å². The largest absolute Gasteiger partial charge is 0.496 e. The fraction of sp³-hybridized carbons (Fsp3) is 0.500. The molecule has 1 aromatic rings. The van der Waals surface area contributed by atoms with E-state index in [2.05, 4.69) is 0 Å². The minimum Gasteiger partial charge on any atom is -0.496 e. The fourth-order valence-corrected chi connectivity index (χ4v) is 2.97. The molecule has 0 aromatic heterocycles. The molecule has 7 nitrogen and oxygen atoms in total. The van der Waals surface area contributed by atoms with Gasteiger partial charge in [-0.25, -0.2) is 4.79 Å². The molecule has 1 saturated heterocycles. The monoisotopic (exact) mass is 323 g/mol. The van der Waals surface area contributed by atoms with Gasteiger partial charge in [-0.1, -0.05) is 0 Å². The molecule has 1 heterocycles. The van der Waals surface area contributed by atoms with Gasteiger partial charge in [0.25, 0.3) is 0 Å². The zero-order valence-corrected chi connectivity index (χ0v) is 13.9. The van der Waals surface area contributed by atoms with Gasteiger partial charge in [0.1, 0.15) is 23.3 Å². The number of amides is 1. The van der Waals surface area contributed by atoms with E-state index < -0.39 is 17.9 Å². The standard InChI is InChI=1S/C16H21NO6/c1-17-13(18)8-10(15(17)16(19)23-5)14-11(21-3)6-9(20-2)7-12(14)22-4/h6-7,10,15H,8H2,1-5H3/t10-,15+/m1/s1. The van der Waals surface area contributed by atoms with Gasteiger partial charge in [-0.3, -0.25) is 4.79 Å². The first kappa shape index (κ1) is 16.9. The number of carbonyl (C=O) groups is 2. The predicted octanol–water partition coefficient (Wildman–Crippen LogP) is 1.20. The SMILES string of the molecule is COC(=O)[C@@H]1[C@@H](c2c(OC)cc(OC)cc2OC)CC(=O)N1C. The molecule has 1 aliphatic rings. The number of nitrogens with zero attached hydrogens (tertiary/aromatic N) is 1. The molecular weight excluding hydrogens is 302 g/mol. The number of esters is 1. The smallest absolute Gasteiger partial charge is 0.329 e. The van der Waals surface area contributed by atoms with Crippen molar-refractivity contribution in [1.82, 2.24) is 4.90 Å². The molecule has 0 bridgehead atoms. The molecule has 0 unspecified atom stereocenters. The second kappa shape index (κ2) is 6.76. The molecule has 1 amide bonds. The average Bonchev–Trinajstić information content (AvgIpc) is 2.87. The van der Waals surface area contributed by atoms with E-state index in [1.807, 2.05) is 0 Å². The van der Waals surface area contributed by atoms with Crippen molar-refractivity contribution in [2.75, 3.05) is 35.5 Å². The summed E-state index contributed by atoms with van der Waals surface area (Å²) in [5, 5.41) is 0. The van der Waals surface area contributed by atoms with Crippen LogP contribution in [-0.2, 0) is 14.3 Å². The number of benzene rings is 1. The lowest BCUT2D eigenvalue weighted by molar-refractivity contribution is -0.148. The van der Waals surface area contributed by atoms with Gasteiger partial charge in [-0.2, -0.15) is 0 Å². The molecule has 1 aromatic carbocycles. The third-order valence-corrected chi connectivity index (χ3v) is 4.15. The number of hydrogen-bond donors (Lipinski definition) is 0. The van der Waals surface area contributed by atoms with Crippen molar-refractivity contribution in [3.63, 3.8) is 0 Å². The molecule has 0 aliphatic carbocycles. The summed E-state index contributed by atoms with van der Waals surface area (Å²) >= 11 is 0. The Morgan fingerprint density at radius 3 is 2.09 bits per heavy atom. The summed E-state index contributed by atoms with van der Waals surface area (Å²) in [4.78, 5) is 25.7. The van der Waals surface area contributed by atoms with E-state index in [4.69, 9.17) is 18.9 Å². The Morgan fingerprint density at radius 2 is 1.65 bits per heavy atom. The summed E-state index contributed by atoms with van der Waals surface area (Å²) in [5.41, 5.74) is 0.656. The Balaban J connectivity index is 2.59. The van der Waals surface area contributed by atoms with E-state index in [9.17, 15) is 9.59 Å². The fourth-order valence-electron chi connectivity index (χ4n) is 2.97. The highest BCUT2D eigenvalue weighted by atomic mass is 16.5. The predicted molar refractivity (Wildman–Crippen MR) is 82.0 cm³/mol. The molecule has 126 valence electrons. The summed E-state index contributed by atoms with van der Waals surface area (Å²) in [6.45, 7) is 0. The van der Waals surface area contributed by atoms with Crippen LogP contribution in [-0.4, -0.2) is 58.3 Å². The van der Waals surface area contributed by atoms with Gasteiger partial charge in [0.05, 0.1) is 28.4 Å². The average molecular weight is 323 g/mol. The van der Waals surface area contributed by atoms with Crippen LogP contribution in [0.25, 0.3) is 0 Å². The van der Waals surface area contributed by atoms with Crippen molar-refractivity contribution in [1.29, 1.82) is 0 Å². The maximum atomic E-state index is 12.2. The van der Waals surface area contributed by atoms with Gasteiger partial charge in [-0.05, 0) is 0 Å². The number of methoxy groups -OCH3 is 4. The summed E-state index contributed by atoms with van der Waals surface area (Å²) < 4.78 is 20.9. The number of likely N-dealkylation sites (tertiary alicyclic amines) is 1. The van der Waals surface area contributed by atoms with E-state index in [0.717, 1.165) is 0 Å². The Bertz CT molecular complexity index is 590. The van der Waals surface area contributed by atoms with Crippen LogP contribution in [0, 0.1) is 0 Å². The molecule has 0 spiro atoms. The summed E-state index contributed by atoms with van der Waals surface area (Å²) in [6.07, 6.45) is 0.176. The number of likely N-dealkylation sites (N-methyl/N-ethyl adjacent to an activating group) is 1. The van der Waals surface area contributed by atoms with Crippen LogP contribution in [0.3, 0.4) is 0 Å². The Morgan fingerprint density at radius 1 is 1.09 bits per heavy atom. The molecule has 7 heteroatoms. The van der Waals surface area contributed by atoms with E-state index in [1.54, 1.807) is 19.2 Å². The zero-order chi connectivity index (χ0) is 17.1. The zero-order valence-electron chi connectivity index (χ0n) is 13.9. The van der Waals surface area contributed by atoms with Crippen LogP contribution < -0.4 is 14.2 Å². The third-order valence-electron chi connectivity index (χ3n) is 4.15. The number of hydrogen-bond acceptors (Lipinski definition) is 6. The molecule has 1 aliphatic heterocycles. The number of ether oxygens (including phenoxy) is 4. The maximum absolute atomic E-state index is 12.2. The Labute approximate surface area is 135 Å². The van der Waals surface area contributed by atoms with E-state index in [0.29, 0.717) is 22.8 Å². The van der Waals surface area contributed by atoms with Crippen molar-refractivity contribution in [3.05, 3.63) is 17.7 Å². The topological polar surface area (TPSA) is 74.3 Å². The van der Waals surface area contributed by atoms with Crippen LogP contribution in [0.2, 0.25) is 0 Å². The van der Waals surface area contributed by atoms with E-state index in [-0.39, 0.29) is 12.3 Å². The number of carbonyl (C=O) groups excluding carboxylic acids is 2. The van der Waals surface area contributed by atoms with Gasteiger partial charge in [0.15, 0.2) is 0 Å². The lowest BCUT2D eigenvalue weighted by Gasteiger charge is -2.25. The first-order chi connectivity index (χ1) is 11.0. The first-order valence-corrected chi connectivity index (χ1v) is 7.11. The third kappa shape index (κ3) is 2.91. The lowest BCUT2D eigenvalue weighted by Crippen LogP contribution is -2.38. The van der Waals surface area contributed by atoms with Crippen LogP contribution in [0.5, 0.6) is 17.2 Å². The molecule has 2 rings (SSSR count). The molecule has 0 radical (unpaired) electrons. The molecule has 2 atom stereocenters. The van der Waals surface area contributed by atoms with Crippen LogP contribution in [0.4, 0.5) is 0 Å². The first-order valence-electron chi connectivity index (χ1n) is 7.11. The van der Waals surface area contributed by atoms with E-state index in [1.165, 1.54) is 33.3 Å². The summed E-state index contributed by atoms with van der Waals surface area (Å²) in [6, 6.07) is 2.69. The highest BCUT2D eigenvalue weighted by Gasteiger charge is 2.46. The van der Waals surface area contributed by atoms with Crippen LogP contribution in [0.1, 0.15) is 17.9 Å². The normalized spacial score (nSPS) is 20.4. The lowest BCUT2D eigenvalue weighted by atomic mass is 9.89. The van der Waals surface area contributed by atoms with Crippen molar-refractivity contribution >= 4 is 11.9 Å². The Hall–Kier alpha value is -2.44.